The monoisotopic (exact) mass is 972 g/mol. The van der Waals surface area contributed by atoms with Crippen LogP contribution < -0.4 is 22.5 Å². The Balaban J connectivity index is 0.000000152. The predicted molar refractivity (Wildman–Crippen MR) is 261 cm³/mol. The summed E-state index contributed by atoms with van der Waals surface area (Å²) in [6, 6.07) is 23.3. The maximum absolute atomic E-state index is 12.3. The Morgan fingerprint density at radius 3 is 1.53 bits per heavy atom. The van der Waals surface area contributed by atoms with E-state index in [-0.39, 0.29) is 29.3 Å². The van der Waals surface area contributed by atoms with Crippen LogP contribution in [0.15, 0.2) is 99.3 Å². The number of benzene rings is 2. The number of hydrogen-bond donors (Lipinski definition) is 4. The van der Waals surface area contributed by atoms with Crippen molar-refractivity contribution in [3.8, 4) is 23.2 Å². The minimum absolute atomic E-state index is 0.0410. The zero-order valence-electron chi connectivity index (χ0n) is 38.9. The number of carbonyl (C=O) groups is 2. The molecule has 0 radical (unpaired) electrons. The molecule has 0 atom stereocenters. The third-order valence-corrected chi connectivity index (χ3v) is 12.3. The zero-order valence-corrected chi connectivity index (χ0v) is 39.7. The Morgan fingerprint density at radius 1 is 0.614 bits per heavy atom. The highest BCUT2D eigenvalue weighted by molar-refractivity contribution is 7.90. The van der Waals surface area contributed by atoms with E-state index >= 15 is 0 Å². The first-order chi connectivity index (χ1) is 33.9. The van der Waals surface area contributed by atoms with Crippen molar-refractivity contribution in [3.05, 3.63) is 108 Å². The van der Waals surface area contributed by atoms with Crippen LogP contribution in [0.25, 0.3) is 34.7 Å². The number of ketones is 2. The van der Waals surface area contributed by atoms with Crippen LogP contribution in [0.1, 0.15) is 47.9 Å². The molecule has 2 aliphatic heterocycles. The van der Waals surface area contributed by atoms with Crippen molar-refractivity contribution >= 4 is 50.8 Å². The van der Waals surface area contributed by atoms with Crippen molar-refractivity contribution in [2.45, 2.75) is 56.5 Å². The Kier molecular flexibility index (Phi) is 15.9. The summed E-state index contributed by atoms with van der Waals surface area (Å²) in [5.41, 5.74) is 21.7. The number of nitrogens with one attached hydrogen (secondary N) is 1. The molecule has 8 aromatic rings. The third-order valence-electron chi connectivity index (χ3n) is 11.4. The maximum atomic E-state index is 12.3. The smallest absolute Gasteiger partial charge is 0.259 e. The largest absolute Gasteiger partial charge is 0.461 e. The molecule has 70 heavy (non-hydrogen) atoms. The van der Waals surface area contributed by atoms with Crippen LogP contribution in [0.3, 0.4) is 0 Å². The van der Waals surface area contributed by atoms with Gasteiger partial charge in [0.25, 0.3) is 16.7 Å². The quantitative estimate of drug-likeness (QED) is 0.102. The number of sulfone groups is 1. The summed E-state index contributed by atoms with van der Waals surface area (Å²) in [7, 11) is -3.57. The second-order valence-electron chi connectivity index (χ2n) is 17.0. The van der Waals surface area contributed by atoms with Crippen LogP contribution in [0, 0.1) is 0 Å². The van der Waals surface area contributed by atoms with E-state index in [0.29, 0.717) is 73.9 Å². The van der Waals surface area contributed by atoms with E-state index in [4.69, 9.17) is 26.0 Å². The standard InChI is InChI=1S/C23H26N8O2.C15H22N2O.C9H8N6O3S/c24-21-27-22(28-23-26-20(29-31(21)23)19-4-3-13-33-19)25-10-9-16-5-7-17(8-6-16)14-18(32)15-30-11-1-2-12-30;16-8-7-13-3-5-14(6-4-13)11-15(18)12-17-9-1-2-10-17;1-19(16,17)9-12-7(10)15-8(13-9)11-6(14-15)5-3-2-4-18-5/h3-8,13H,1-2,9-12,14-15H2,(H3,24,25,26,27,28,29);3-6H,1-2,7-12,16H2;2-4H,1H3,(H2,10,11,12,13,14). The predicted octanol–water partition coefficient (Wildman–Crippen LogP) is 3.38. The number of furan rings is 2. The molecule has 2 aromatic carbocycles. The van der Waals surface area contributed by atoms with Crippen LogP contribution in [-0.4, -0.2) is 138 Å². The first kappa shape index (κ1) is 49.0. The number of nitrogens with zero attached hydrogens (tertiary/aromatic N) is 12. The van der Waals surface area contributed by atoms with E-state index in [1.807, 2.05) is 24.3 Å². The number of likely N-dealkylation sites (tertiary alicyclic amines) is 2. The van der Waals surface area contributed by atoms with Gasteiger partial charge in [-0.2, -0.15) is 38.9 Å². The number of aromatic nitrogens is 10. The molecule has 22 nitrogen and oxygen atoms in total. The second-order valence-corrected chi connectivity index (χ2v) is 18.9. The number of carbonyl (C=O) groups excluding carboxylic acids is 2. The number of nitrogens with two attached hydrogens (primary N) is 3. The molecule has 6 aromatic heterocycles. The number of rotatable bonds is 17. The Labute approximate surface area is 403 Å². The Morgan fingerprint density at radius 2 is 1.07 bits per heavy atom. The Hall–Kier alpha value is -7.47. The van der Waals surface area contributed by atoms with E-state index in [2.05, 4.69) is 79.5 Å². The minimum Gasteiger partial charge on any atom is -0.461 e. The van der Waals surface area contributed by atoms with E-state index in [1.54, 1.807) is 30.5 Å². The SMILES string of the molecule is CS(=O)(=O)c1nc(N)n2nc(-c3ccco3)nc2n1.NCCc1ccc(CC(=O)CN2CCCC2)cc1.Nc1nc(NCCc2ccc(CC(=O)CN3CCCC3)cc2)nc2nc(-c3ccco3)nn12. The van der Waals surface area contributed by atoms with Crippen LogP contribution in [0.4, 0.5) is 17.8 Å². The van der Waals surface area contributed by atoms with Crippen LogP contribution in [0.2, 0.25) is 0 Å². The number of Topliss-reactive ketones (excluding diaryl/α,β-unsaturated/α-hetero) is 2. The minimum atomic E-state index is -3.57. The zero-order chi connectivity index (χ0) is 49.0. The molecule has 0 aliphatic carbocycles. The summed E-state index contributed by atoms with van der Waals surface area (Å²) >= 11 is 0. The molecule has 10 rings (SSSR count). The van der Waals surface area contributed by atoms with Gasteiger partial charge in [-0.3, -0.25) is 19.4 Å². The lowest BCUT2D eigenvalue weighted by atomic mass is 10.0. The van der Waals surface area contributed by atoms with Crippen molar-refractivity contribution in [2.75, 3.05) is 75.4 Å². The van der Waals surface area contributed by atoms with Gasteiger partial charge >= 0.3 is 0 Å². The molecule has 2 saturated heterocycles. The lowest BCUT2D eigenvalue weighted by Gasteiger charge is -2.13. The summed E-state index contributed by atoms with van der Waals surface area (Å²) < 4.78 is 35.8. The van der Waals surface area contributed by atoms with Gasteiger partial charge in [-0.25, -0.2) is 8.42 Å². The normalized spacial score (nSPS) is 14.1. The molecule has 0 unspecified atom stereocenters. The molecule has 366 valence electrons. The van der Waals surface area contributed by atoms with Crippen molar-refractivity contribution in [2.24, 2.45) is 5.73 Å². The van der Waals surface area contributed by atoms with Crippen molar-refractivity contribution in [3.63, 3.8) is 0 Å². The summed E-state index contributed by atoms with van der Waals surface area (Å²) in [6.45, 7) is 6.74. The highest BCUT2D eigenvalue weighted by atomic mass is 32.2. The molecule has 23 heteroatoms. The number of fused-ring (bicyclic) bond motifs is 2. The molecule has 0 amide bonds. The van der Waals surface area contributed by atoms with Crippen LogP contribution in [-0.2, 0) is 45.1 Å². The molecule has 0 saturated carbocycles. The van der Waals surface area contributed by atoms with Crippen molar-refractivity contribution < 1.29 is 26.8 Å². The van der Waals surface area contributed by atoms with Gasteiger partial charge < -0.3 is 31.4 Å². The number of nitrogen functional groups attached to an aromatic ring is 2. The summed E-state index contributed by atoms with van der Waals surface area (Å²) in [5.74, 6) is 3.06. The van der Waals surface area contributed by atoms with Gasteiger partial charge in [-0.15, -0.1) is 10.2 Å². The lowest BCUT2D eigenvalue weighted by molar-refractivity contribution is -0.120. The fraction of sp³-hybridized carbons (Fsp3) is 0.362. The van der Waals surface area contributed by atoms with E-state index < -0.39 is 15.0 Å². The lowest BCUT2D eigenvalue weighted by Crippen LogP contribution is -2.27. The van der Waals surface area contributed by atoms with Gasteiger partial charge in [-0.1, -0.05) is 48.5 Å². The summed E-state index contributed by atoms with van der Waals surface area (Å²) in [5, 5.41) is 11.1. The molecular weight excluding hydrogens is 917 g/mol. The van der Waals surface area contributed by atoms with Gasteiger partial charge in [-0.05, 0) is 118 Å². The topological polar surface area (TPSA) is 303 Å². The molecule has 2 aliphatic rings. The van der Waals surface area contributed by atoms with Gasteiger partial charge in [0.05, 0.1) is 25.6 Å². The summed E-state index contributed by atoms with van der Waals surface area (Å²) in [4.78, 5) is 53.2. The van der Waals surface area contributed by atoms with E-state index in [9.17, 15) is 18.0 Å². The van der Waals surface area contributed by atoms with E-state index in [1.165, 1.54) is 42.0 Å². The van der Waals surface area contributed by atoms with Crippen molar-refractivity contribution in [1.29, 1.82) is 0 Å². The molecular formula is C47H56N16O6S. The highest BCUT2D eigenvalue weighted by Crippen LogP contribution is 2.20. The first-order valence-electron chi connectivity index (χ1n) is 23.0. The summed E-state index contributed by atoms with van der Waals surface area (Å²) in [6.07, 6.45) is 11.6. The first-order valence-corrected chi connectivity index (χ1v) is 24.9. The van der Waals surface area contributed by atoms with E-state index in [0.717, 1.165) is 66.5 Å². The Bertz CT molecular complexity index is 3090. The molecule has 8 heterocycles. The number of anilines is 3. The molecule has 0 spiro atoms. The maximum Gasteiger partial charge on any atom is 0.259 e. The highest BCUT2D eigenvalue weighted by Gasteiger charge is 2.20. The average molecular weight is 973 g/mol. The second kappa shape index (κ2) is 22.8. The number of hydrogen-bond acceptors (Lipinski definition) is 20. The van der Waals surface area contributed by atoms with Gasteiger partial charge in [0.1, 0.15) is 0 Å². The average Bonchev–Trinajstić information content (AvgIpc) is 4.19. The molecule has 2 fully saturated rings. The fourth-order valence-corrected chi connectivity index (χ4v) is 8.44. The van der Waals surface area contributed by atoms with Gasteiger partial charge in [0.2, 0.25) is 39.3 Å². The van der Waals surface area contributed by atoms with Crippen molar-refractivity contribution in [1.82, 2.24) is 58.9 Å². The van der Waals surface area contributed by atoms with Crippen LogP contribution >= 0.6 is 0 Å². The van der Waals surface area contributed by atoms with Crippen LogP contribution in [0.5, 0.6) is 0 Å². The van der Waals surface area contributed by atoms with Gasteiger partial charge in [0, 0.05) is 25.6 Å². The molecule has 0 bridgehead atoms. The fourth-order valence-electron chi connectivity index (χ4n) is 7.94. The molecule has 7 N–H and O–H groups in total. The third kappa shape index (κ3) is 13.2. The van der Waals surface area contributed by atoms with Gasteiger partial charge in [0.15, 0.2) is 23.1 Å².